The number of carboxylic acids is 1. The molecule has 16 heavy (non-hydrogen) atoms. The molecule has 0 aliphatic rings. The zero-order chi connectivity index (χ0) is 11.9. The van der Waals surface area contributed by atoms with Gasteiger partial charge in [-0.3, -0.25) is 0 Å². The standard InChI is InChI=1S/C10H8F2N2O2/c1-14-7(8(11)12)3-5-2-6(10(15)16)4-13-9(5)14/h2-4,8H,1H3,(H,15,16). The molecule has 0 fully saturated rings. The molecule has 1 N–H and O–H groups in total. The number of alkyl halides is 2. The lowest BCUT2D eigenvalue weighted by atomic mass is 10.2. The third kappa shape index (κ3) is 1.52. The third-order valence-electron chi connectivity index (χ3n) is 2.37. The topological polar surface area (TPSA) is 55.1 Å². The molecule has 0 atom stereocenters. The van der Waals surface area contributed by atoms with Gasteiger partial charge in [-0.1, -0.05) is 0 Å². The molecule has 2 heterocycles. The Balaban J connectivity index is 2.67. The molecular weight excluding hydrogens is 218 g/mol. The Hall–Kier alpha value is -1.98. The van der Waals surface area contributed by atoms with Crippen LogP contribution in [-0.2, 0) is 7.05 Å². The molecule has 2 rings (SSSR count). The molecule has 0 aliphatic heterocycles. The van der Waals surface area contributed by atoms with Crippen LogP contribution in [0.3, 0.4) is 0 Å². The van der Waals surface area contributed by atoms with Gasteiger partial charge in [0.15, 0.2) is 0 Å². The number of aromatic nitrogens is 2. The van der Waals surface area contributed by atoms with Gasteiger partial charge in [0.25, 0.3) is 6.43 Å². The monoisotopic (exact) mass is 226 g/mol. The quantitative estimate of drug-likeness (QED) is 0.854. The predicted octanol–water partition coefficient (Wildman–Crippen LogP) is 2.21. The number of hydrogen-bond donors (Lipinski definition) is 1. The van der Waals surface area contributed by atoms with E-state index in [2.05, 4.69) is 4.98 Å². The first-order chi connectivity index (χ1) is 7.50. The number of fused-ring (bicyclic) bond motifs is 1. The van der Waals surface area contributed by atoms with Crippen molar-refractivity contribution < 1.29 is 18.7 Å². The van der Waals surface area contributed by atoms with Gasteiger partial charge in [0.05, 0.1) is 11.3 Å². The second-order valence-electron chi connectivity index (χ2n) is 3.37. The van der Waals surface area contributed by atoms with Gasteiger partial charge in [-0.2, -0.15) is 0 Å². The van der Waals surface area contributed by atoms with Crippen molar-refractivity contribution in [1.82, 2.24) is 9.55 Å². The van der Waals surface area contributed by atoms with Crippen LogP contribution in [0.25, 0.3) is 11.0 Å². The molecule has 0 saturated carbocycles. The van der Waals surface area contributed by atoms with E-state index in [9.17, 15) is 13.6 Å². The number of nitrogens with zero attached hydrogens (tertiary/aromatic N) is 2. The molecule has 0 spiro atoms. The number of carbonyl (C=O) groups is 1. The van der Waals surface area contributed by atoms with Crippen LogP contribution in [0, 0.1) is 0 Å². The second-order valence-corrected chi connectivity index (χ2v) is 3.37. The molecule has 0 unspecified atom stereocenters. The highest BCUT2D eigenvalue weighted by atomic mass is 19.3. The van der Waals surface area contributed by atoms with Crippen molar-refractivity contribution in [3.05, 3.63) is 29.6 Å². The van der Waals surface area contributed by atoms with Crippen molar-refractivity contribution in [2.24, 2.45) is 7.05 Å². The molecule has 0 saturated heterocycles. The highest BCUT2D eigenvalue weighted by Crippen LogP contribution is 2.25. The number of aromatic carboxylic acids is 1. The summed E-state index contributed by atoms with van der Waals surface area (Å²) in [4.78, 5) is 14.5. The first-order valence-electron chi connectivity index (χ1n) is 4.47. The van der Waals surface area contributed by atoms with Crippen LogP contribution in [0.4, 0.5) is 8.78 Å². The smallest absolute Gasteiger partial charge is 0.337 e. The Labute approximate surface area is 89.1 Å². The zero-order valence-electron chi connectivity index (χ0n) is 8.32. The van der Waals surface area contributed by atoms with E-state index in [1.165, 1.54) is 23.7 Å². The van der Waals surface area contributed by atoms with Crippen molar-refractivity contribution in [2.45, 2.75) is 6.43 Å². The fourth-order valence-corrected chi connectivity index (χ4v) is 1.57. The van der Waals surface area contributed by atoms with Crippen molar-refractivity contribution in [3.8, 4) is 0 Å². The van der Waals surface area contributed by atoms with Gasteiger partial charge in [0.2, 0.25) is 0 Å². The van der Waals surface area contributed by atoms with Crippen LogP contribution in [-0.4, -0.2) is 20.6 Å². The predicted molar refractivity (Wildman–Crippen MR) is 52.6 cm³/mol. The number of halogens is 2. The molecule has 0 radical (unpaired) electrons. The maximum atomic E-state index is 12.6. The lowest BCUT2D eigenvalue weighted by molar-refractivity contribution is 0.0696. The van der Waals surface area contributed by atoms with Crippen LogP contribution >= 0.6 is 0 Å². The summed E-state index contributed by atoms with van der Waals surface area (Å²) >= 11 is 0. The minimum absolute atomic E-state index is 0.0149. The van der Waals surface area contributed by atoms with E-state index in [-0.39, 0.29) is 11.3 Å². The summed E-state index contributed by atoms with van der Waals surface area (Å²) in [5.74, 6) is -1.13. The zero-order valence-corrected chi connectivity index (χ0v) is 8.32. The molecule has 2 aromatic heterocycles. The summed E-state index contributed by atoms with van der Waals surface area (Å²) in [6, 6.07) is 2.58. The fraction of sp³-hybridized carbons (Fsp3) is 0.200. The van der Waals surface area contributed by atoms with E-state index in [1.807, 2.05) is 0 Å². The number of pyridine rings is 1. The van der Waals surface area contributed by atoms with Gasteiger partial charge >= 0.3 is 5.97 Å². The minimum Gasteiger partial charge on any atom is -0.478 e. The van der Waals surface area contributed by atoms with E-state index >= 15 is 0 Å². The van der Waals surface area contributed by atoms with Crippen LogP contribution in [0.5, 0.6) is 0 Å². The van der Waals surface area contributed by atoms with Crippen LogP contribution in [0.2, 0.25) is 0 Å². The average molecular weight is 226 g/mol. The van der Waals surface area contributed by atoms with Gasteiger partial charge in [0, 0.05) is 18.6 Å². The van der Waals surface area contributed by atoms with Gasteiger partial charge < -0.3 is 9.67 Å². The Bertz CT molecular complexity index is 563. The lowest BCUT2D eigenvalue weighted by Gasteiger charge is -2.01. The number of aryl methyl sites for hydroxylation is 1. The number of carboxylic acid groups (broad SMARTS) is 1. The van der Waals surface area contributed by atoms with E-state index in [1.54, 1.807) is 0 Å². The van der Waals surface area contributed by atoms with Crippen LogP contribution in [0.1, 0.15) is 22.5 Å². The SMILES string of the molecule is Cn1c(C(F)F)cc2cc(C(=O)O)cnc21. The van der Waals surface area contributed by atoms with Crippen molar-refractivity contribution >= 4 is 17.0 Å². The molecule has 0 aliphatic carbocycles. The fourth-order valence-electron chi connectivity index (χ4n) is 1.57. The largest absolute Gasteiger partial charge is 0.478 e. The Morgan fingerprint density at radius 3 is 2.75 bits per heavy atom. The van der Waals surface area contributed by atoms with Crippen molar-refractivity contribution in [2.75, 3.05) is 0 Å². The molecule has 84 valence electrons. The average Bonchev–Trinajstić information content (AvgIpc) is 2.55. The molecule has 4 nitrogen and oxygen atoms in total. The highest BCUT2D eigenvalue weighted by molar-refractivity contribution is 5.92. The Kier molecular flexibility index (Phi) is 2.34. The van der Waals surface area contributed by atoms with E-state index < -0.39 is 12.4 Å². The molecule has 6 heteroatoms. The molecule has 0 amide bonds. The Morgan fingerprint density at radius 1 is 1.50 bits per heavy atom. The molecule has 2 aromatic rings. The van der Waals surface area contributed by atoms with Crippen LogP contribution in [0.15, 0.2) is 18.3 Å². The van der Waals surface area contributed by atoms with Gasteiger partial charge in [-0.15, -0.1) is 0 Å². The van der Waals surface area contributed by atoms with Crippen molar-refractivity contribution in [1.29, 1.82) is 0 Å². The summed E-state index contributed by atoms with van der Waals surface area (Å²) in [6.07, 6.45) is -1.45. The maximum Gasteiger partial charge on any atom is 0.337 e. The van der Waals surface area contributed by atoms with Crippen molar-refractivity contribution in [3.63, 3.8) is 0 Å². The number of hydrogen-bond acceptors (Lipinski definition) is 2. The summed E-state index contributed by atoms with van der Waals surface area (Å²) in [5, 5.41) is 9.14. The van der Waals surface area contributed by atoms with E-state index in [4.69, 9.17) is 5.11 Å². The molecule has 0 bridgehead atoms. The minimum atomic E-state index is -2.60. The summed E-state index contributed by atoms with van der Waals surface area (Å²) < 4.78 is 26.4. The molecular formula is C10H8F2N2O2. The third-order valence-corrected chi connectivity index (χ3v) is 2.37. The Morgan fingerprint density at radius 2 is 2.19 bits per heavy atom. The van der Waals surface area contributed by atoms with Gasteiger partial charge in [-0.25, -0.2) is 18.6 Å². The summed E-state index contributed by atoms with van der Waals surface area (Å²) in [7, 11) is 1.47. The normalized spacial score (nSPS) is 11.2. The van der Waals surface area contributed by atoms with Gasteiger partial charge in [-0.05, 0) is 12.1 Å². The first kappa shape index (κ1) is 10.5. The van der Waals surface area contributed by atoms with E-state index in [0.717, 1.165) is 6.20 Å². The van der Waals surface area contributed by atoms with Gasteiger partial charge in [0.1, 0.15) is 5.65 Å². The number of rotatable bonds is 2. The maximum absolute atomic E-state index is 12.6. The highest BCUT2D eigenvalue weighted by Gasteiger charge is 2.16. The lowest BCUT2D eigenvalue weighted by Crippen LogP contribution is -1.99. The van der Waals surface area contributed by atoms with E-state index in [0.29, 0.717) is 11.0 Å². The summed E-state index contributed by atoms with van der Waals surface area (Å²) in [6.45, 7) is 0. The van der Waals surface area contributed by atoms with Crippen LogP contribution < -0.4 is 0 Å². The second kappa shape index (κ2) is 3.55. The first-order valence-corrected chi connectivity index (χ1v) is 4.47. The summed E-state index contributed by atoms with van der Waals surface area (Å²) in [5.41, 5.74) is 0.157. The molecule has 0 aromatic carbocycles.